The SMILES string of the molecule is CCn1cc(C=Nc2ccc(N=Nc3ccccc3)cc2)c2ccccc21. The van der Waals surface area contributed by atoms with E-state index < -0.39 is 0 Å². The van der Waals surface area contributed by atoms with Gasteiger partial charge in [-0.1, -0.05) is 36.4 Å². The minimum Gasteiger partial charge on any atom is -0.347 e. The summed E-state index contributed by atoms with van der Waals surface area (Å²) in [6.07, 6.45) is 4.07. The van der Waals surface area contributed by atoms with E-state index in [1.165, 1.54) is 10.9 Å². The van der Waals surface area contributed by atoms with Gasteiger partial charge >= 0.3 is 0 Å². The molecule has 132 valence electrons. The first-order chi connectivity index (χ1) is 13.3. The molecule has 1 heterocycles. The standard InChI is InChI=1S/C23H20N4/c1-2-27-17-18(22-10-6-7-11-23(22)27)16-24-19-12-14-21(15-13-19)26-25-20-8-4-3-5-9-20/h3-17H,2H2,1H3. The topological polar surface area (TPSA) is 42.0 Å². The normalized spacial score (nSPS) is 11.7. The molecule has 0 aliphatic rings. The number of fused-ring (bicyclic) bond motifs is 1. The predicted molar refractivity (Wildman–Crippen MR) is 112 cm³/mol. The summed E-state index contributed by atoms with van der Waals surface area (Å²) in [6.45, 7) is 3.09. The number of aromatic nitrogens is 1. The van der Waals surface area contributed by atoms with Crippen molar-refractivity contribution in [2.45, 2.75) is 13.5 Å². The van der Waals surface area contributed by atoms with Gasteiger partial charge in [-0.3, -0.25) is 4.99 Å². The molecule has 27 heavy (non-hydrogen) atoms. The van der Waals surface area contributed by atoms with Crippen molar-refractivity contribution < 1.29 is 0 Å². The van der Waals surface area contributed by atoms with Crippen molar-refractivity contribution in [2.75, 3.05) is 0 Å². The number of para-hydroxylation sites is 1. The molecular weight excluding hydrogens is 332 g/mol. The van der Waals surface area contributed by atoms with E-state index in [4.69, 9.17) is 0 Å². The van der Waals surface area contributed by atoms with Crippen LogP contribution in [0.15, 0.2) is 100 Å². The average Bonchev–Trinajstić information content (AvgIpc) is 3.10. The molecule has 0 atom stereocenters. The highest BCUT2D eigenvalue weighted by Crippen LogP contribution is 2.23. The molecule has 0 saturated carbocycles. The third kappa shape index (κ3) is 3.85. The van der Waals surface area contributed by atoms with Gasteiger partial charge in [0.15, 0.2) is 0 Å². The Morgan fingerprint density at radius 3 is 2.11 bits per heavy atom. The van der Waals surface area contributed by atoms with Crippen molar-refractivity contribution in [3.8, 4) is 0 Å². The molecule has 0 amide bonds. The minimum atomic E-state index is 0.806. The van der Waals surface area contributed by atoms with Gasteiger partial charge in [-0.05, 0) is 49.4 Å². The molecule has 0 spiro atoms. The Kier molecular flexibility index (Phi) is 4.88. The van der Waals surface area contributed by atoms with Gasteiger partial charge in [0.25, 0.3) is 0 Å². The van der Waals surface area contributed by atoms with E-state index >= 15 is 0 Å². The number of aryl methyl sites for hydroxylation is 1. The second-order valence-electron chi connectivity index (χ2n) is 6.20. The molecule has 0 N–H and O–H groups in total. The summed E-state index contributed by atoms with van der Waals surface area (Å²) in [5.41, 5.74) is 4.90. The van der Waals surface area contributed by atoms with Gasteiger partial charge in [0.05, 0.1) is 17.1 Å². The van der Waals surface area contributed by atoms with Crippen molar-refractivity contribution >= 4 is 34.2 Å². The molecule has 4 aromatic rings. The summed E-state index contributed by atoms with van der Waals surface area (Å²) in [6, 6.07) is 25.9. The van der Waals surface area contributed by atoms with Crippen LogP contribution in [0, 0.1) is 0 Å². The van der Waals surface area contributed by atoms with E-state index in [9.17, 15) is 0 Å². The molecule has 4 heteroatoms. The third-order valence-electron chi connectivity index (χ3n) is 4.40. The minimum absolute atomic E-state index is 0.806. The lowest BCUT2D eigenvalue weighted by molar-refractivity contribution is 0.797. The predicted octanol–water partition coefficient (Wildman–Crippen LogP) is 6.83. The van der Waals surface area contributed by atoms with Crippen LogP contribution in [0.3, 0.4) is 0 Å². The average molecular weight is 352 g/mol. The van der Waals surface area contributed by atoms with Crippen molar-refractivity contribution in [1.29, 1.82) is 0 Å². The second-order valence-corrected chi connectivity index (χ2v) is 6.20. The van der Waals surface area contributed by atoms with E-state index in [2.05, 4.69) is 57.2 Å². The molecule has 0 aliphatic heterocycles. The van der Waals surface area contributed by atoms with Gasteiger partial charge in [0.2, 0.25) is 0 Å². The quantitative estimate of drug-likeness (QED) is 0.279. The van der Waals surface area contributed by atoms with Crippen LogP contribution in [0.4, 0.5) is 17.1 Å². The summed E-state index contributed by atoms with van der Waals surface area (Å²) in [7, 11) is 0. The highest BCUT2D eigenvalue weighted by molar-refractivity contribution is 6.00. The Balaban J connectivity index is 1.53. The number of aliphatic imine (C=N–C) groups is 1. The third-order valence-corrected chi connectivity index (χ3v) is 4.40. The summed E-state index contributed by atoms with van der Waals surface area (Å²) in [4.78, 5) is 4.62. The van der Waals surface area contributed by atoms with E-state index in [0.29, 0.717) is 0 Å². The molecule has 4 rings (SSSR count). The van der Waals surface area contributed by atoms with Crippen LogP contribution in [0.1, 0.15) is 12.5 Å². The number of azo groups is 1. The Labute approximate surface area is 158 Å². The number of nitrogens with zero attached hydrogens (tertiary/aromatic N) is 4. The van der Waals surface area contributed by atoms with Crippen LogP contribution in [0.5, 0.6) is 0 Å². The number of hydrogen-bond acceptors (Lipinski definition) is 3. The molecule has 4 nitrogen and oxygen atoms in total. The second kappa shape index (κ2) is 7.79. The Hall–Kier alpha value is -3.53. The molecule has 0 aliphatic carbocycles. The van der Waals surface area contributed by atoms with Crippen LogP contribution in [-0.2, 0) is 6.54 Å². The molecule has 1 aromatic heterocycles. The number of benzene rings is 3. The van der Waals surface area contributed by atoms with Crippen molar-refractivity contribution in [3.05, 3.63) is 90.6 Å². The van der Waals surface area contributed by atoms with Gasteiger partial charge in [0.1, 0.15) is 0 Å². The first kappa shape index (κ1) is 16.9. The zero-order chi connectivity index (χ0) is 18.5. The Bertz CT molecular complexity index is 1090. The van der Waals surface area contributed by atoms with Gasteiger partial charge in [-0.15, -0.1) is 0 Å². The summed E-state index contributed by atoms with van der Waals surface area (Å²) < 4.78 is 2.24. The molecule has 0 radical (unpaired) electrons. The first-order valence-corrected chi connectivity index (χ1v) is 9.02. The molecule has 3 aromatic carbocycles. The van der Waals surface area contributed by atoms with Crippen molar-refractivity contribution in [3.63, 3.8) is 0 Å². The molecule has 0 bridgehead atoms. The lowest BCUT2D eigenvalue weighted by Crippen LogP contribution is -1.89. The number of rotatable bonds is 5. The van der Waals surface area contributed by atoms with E-state index in [1.807, 2.05) is 60.8 Å². The molecular formula is C23H20N4. The zero-order valence-electron chi connectivity index (χ0n) is 15.2. The fourth-order valence-electron chi connectivity index (χ4n) is 3.00. The van der Waals surface area contributed by atoms with E-state index in [0.717, 1.165) is 29.2 Å². The maximum absolute atomic E-state index is 4.62. The van der Waals surface area contributed by atoms with Crippen molar-refractivity contribution in [1.82, 2.24) is 4.57 Å². The van der Waals surface area contributed by atoms with Crippen molar-refractivity contribution in [2.24, 2.45) is 15.2 Å². The monoisotopic (exact) mass is 352 g/mol. The fourth-order valence-corrected chi connectivity index (χ4v) is 3.00. The maximum Gasteiger partial charge on any atom is 0.0858 e. The number of hydrogen-bond donors (Lipinski definition) is 0. The van der Waals surface area contributed by atoms with Gasteiger partial charge in [-0.25, -0.2) is 0 Å². The largest absolute Gasteiger partial charge is 0.347 e. The van der Waals surface area contributed by atoms with Gasteiger partial charge in [0, 0.05) is 35.4 Å². The Morgan fingerprint density at radius 1 is 0.741 bits per heavy atom. The van der Waals surface area contributed by atoms with E-state index in [1.54, 1.807) is 0 Å². The van der Waals surface area contributed by atoms with Crippen LogP contribution >= 0.6 is 0 Å². The van der Waals surface area contributed by atoms with E-state index in [-0.39, 0.29) is 0 Å². The van der Waals surface area contributed by atoms with Gasteiger partial charge < -0.3 is 4.57 Å². The molecule has 0 fully saturated rings. The fraction of sp³-hybridized carbons (Fsp3) is 0.0870. The highest BCUT2D eigenvalue weighted by Gasteiger charge is 2.04. The first-order valence-electron chi connectivity index (χ1n) is 9.02. The van der Waals surface area contributed by atoms with Gasteiger partial charge in [-0.2, -0.15) is 10.2 Å². The lowest BCUT2D eigenvalue weighted by Gasteiger charge is -1.97. The lowest BCUT2D eigenvalue weighted by atomic mass is 10.2. The Morgan fingerprint density at radius 2 is 1.37 bits per heavy atom. The summed E-state index contributed by atoms with van der Waals surface area (Å²) in [5, 5.41) is 9.71. The molecule has 0 saturated heterocycles. The smallest absolute Gasteiger partial charge is 0.0858 e. The van der Waals surface area contributed by atoms with Crippen LogP contribution < -0.4 is 0 Å². The summed E-state index contributed by atoms with van der Waals surface area (Å²) >= 11 is 0. The van der Waals surface area contributed by atoms with Crippen LogP contribution in [0.2, 0.25) is 0 Å². The maximum atomic E-state index is 4.62. The highest BCUT2D eigenvalue weighted by atomic mass is 15.1. The zero-order valence-corrected chi connectivity index (χ0v) is 15.2. The van der Waals surface area contributed by atoms with Crippen LogP contribution in [0.25, 0.3) is 10.9 Å². The molecule has 0 unspecified atom stereocenters. The van der Waals surface area contributed by atoms with Crippen LogP contribution in [-0.4, -0.2) is 10.8 Å². The summed E-state index contributed by atoms with van der Waals surface area (Å²) in [5.74, 6) is 0.